The van der Waals surface area contributed by atoms with Crippen molar-refractivity contribution in [1.29, 1.82) is 0 Å². The first-order valence-corrected chi connectivity index (χ1v) is 7.16. The summed E-state index contributed by atoms with van der Waals surface area (Å²) in [4.78, 5) is 2.63. The van der Waals surface area contributed by atoms with Crippen LogP contribution in [0.1, 0.15) is 46.0 Å². The van der Waals surface area contributed by atoms with Crippen LogP contribution in [0.5, 0.6) is 0 Å². The van der Waals surface area contributed by atoms with Gasteiger partial charge < -0.3 is 4.90 Å². The zero-order valence-electron chi connectivity index (χ0n) is 9.19. The molecule has 0 heterocycles. The third-order valence-electron chi connectivity index (χ3n) is 2.26. The molecule has 0 fully saturated rings. The van der Waals surface area contributed by atoms with Crippen molar-refractivity contribution in [3.05, 3.63) is 0 Å². The van der Waals surface area contributed by atoms with Crippen molar-refractivity contribution in [2.24, 2.45) is 0 Å². The van der Waals surface area contributed by atoms with Gasteiger partial charge in [0.15, 0.2) is 0 Å². The predicted octanol–water partition coefficient (Wildman–Crippen LogP) is 3.71. The number of hydrogen-bond acceptors (Lipinski definition) is 1. The first-order valence-electron chi connectivity index (χ1n) is 5.63. The Morgan fingerprint density at radius 2 is 1.31 bits per heavy atom. The molecule has 0 aliphatic carbocycles. The van der Waals surface area contributed by atoms with E-state index in [-0.39, 0.29) is 0 Å². The monoisotopic (exact) mass is 297 g/mol. The van der Waals surface area contributed by atoms with Crippen LogP contribution in [0.25, 0.3) is 0 Å². The van der Waals surface area contributed by atoms with E-state index in [1.165, 1.54) is 56.2 Å². The Balaban J connectivity index is 3.47. The minimum atomic E-state index is 1.30. The molecule has 2 heteroatoms. The van der Waals surface area contributed by atoms with E-state index >= 15 is 0 Å². The minimum absolute atomic E-state index is 1.30. The lowest BCUT2D eigenvalue weighted by atomic mass is 10.2. The van der Waals surface area contributed by atoms with Crippen molar-refractivity contribution in [2.75, 3.05) is 24.1 Å². The molecule has 0 bridgehead atoms. The zero-order chi connectivity index (χ0) is 9.94. The van der Waals surface area contributed by atoms with Gasteiger partial charge in [0.2, 0.25) is 0 Å². The number of unbranched alkanes of at least 4 members (excludes halogenated alkanes) is 2. The van der Waals surface area contributed by atoms with E-state index in [2.05, 4.69) is 41.3 Å². The van der Waals surface area contributed by atoms with Gasteiger partial charge in [0.1, 0.15) is 0 Å². The summed E-state index contributed by atoms with van der Waals surface area (Å²) in [5.74, 6) is 0. The standard InChI is InChI=1S/C11H24IN/c1-3-5-9-13(10-6-4-2)11-7-8-12/h3-11H2,1-2H3. The van der Waals surface area contributed by atoms with Crippen LogP contribution in [0, 0.1) is 0 Å². The fourth-order valence-electron chi connectivity index (χ4n) is 1.38. The molecule has 0 N–H and O–H groups in total. The SMILES string of the molecule is CCCCN(CCCC)CCCI. The molecule has 0 rings (SSSR count). The first kappa shape index (κ1) is 13.7. The maximum Gasteiger partial charge on any atom is 0.000744 e. The molecule has 0 aromatic carbocycles. The molecule has 0 saturated carbocycles. The third-order valence-corrected chi connectivity index (χ3v) is 3.03. The van der Waals surface area contributed by atoms with Gasteiger partial charge in [0, 0.05) is 4.43 Å². The van der Waals surface area contributed by atoms with Crippen LogP contribution < -0.4 is 0 Å². The van der Waals surface area contributed by atoms with Crippen LogP contribution in [0.2, 0.25) is 0 Å². The van der Waals surface area contributed by atoms with Crippen molar-refractivity contribution in [3.63, 3.8) is 0 Å². The summed E-state index contributed by atoms with van der Waals surface area (Å²) in [7, 11) is 0. The molecule has 0 saturated heterocycles. The minimum Gasteiger partial charge on any atom is -0.303 e. The summed E-state index contributed by atoms with van der Waals surface area (Å²) in [6.07, 6.45) is 6.74. The fourth-order valence-corrected chi connectivity index (χ4v) is 1.72. The Kier molecular flexibility index (Phi) is 11.3. The molecular weight excluding hydrogens is 273 g/mol. The van der Waals surface area contributed by atoms with Gasteiger partial charge in [-0.25, -0.2) is 0 Å². The van der Waals surface area contributed by atoms with Crippen LogP contribution in [-0.2, 0) is 0 Å². The van der Waals surface area contributed by atoms with Crippen LogP contribution in [0.3, 0.4) is 0 Å². The van der Waals surface area contributed by atoms with Gasteiger partial charge in [-0.2, -0.15) is 0 Å². The van der Waals surface area contributed by atoms with E-state index in [4.69, 9.17) is 0 Å². The third kappa shape index (κ3) is 9.01. The highest BCUT2D eigenvalue weighted by molar-refractivity contribution is 14.1. The van der Waals surface area contributed by atoms with E-state index in [1.54, 1.807) is 0 Å². The van der Waals surface area contributed by atoms with Crippen molar-refractivity contribution in [3.8, 4) is 0 Å². The average molecular weight is 297 g/mol. The molecule has 80 valence electrons. The number of halogens is 1. The molecule has 1 nitrogen and oxygen atoms in total. The smallest absolute Gasteiger partial charge is 0.000744 e. The molecule has 0 radical (unpaired) electrons. The lowest BCUT2D eigenvalue weighted by Gasteiger charge is -2.21. The molecule has 0 aliphatic heterocycles. The highest BCUT2D eigenvalue weighted by Crippen LogP contribution is 2.01. The zero-order valence-corrected chi connectivity index (χ0v) is 11.3. The molecule has 0 aromatic rings. The fraction of sp³-hybridized carbons (Fsp3) is 1.00. The maximum atomic E-state index is 2.63. The van der Waals surface area contributed by atoms with E-state index in [0.29, 0.717) is 0 Å². The first-order chi connectivity index (χ1) is 6.35. The van der Waals surface area contributed by atoms with Crippen molar-refractivity contribution < 1.29 is 0 Å². The van der Waals surface area contributed by atoms with Crippen LogP contribution in [0.4, 0.5) is 0 Å². The van der Waals surface area contributed by atoms with Gasteiger partial charge in [-0.15, -0.1) is 0 Å². The number of alkyl halides is 1. The second-order valence-corrected chi connectivity index (χ2v) is 4.67. The van der Waals surface area contributed by atoms with Gasteiger partial charge in [0.25, 0.3) is 0 Å². The Hall–Kier alpha value is 0.690. The van der Waals surface area contributed by atoms with Gasteiger partial charge in [0.05, 0.1) is 0 Å². The molecule has 0 unspecified atom stereocenters. The number of hydrogen-bond donors (Lipinski definition) is 0. The lowest BCUT2D eigenvalue weighted by molar-refractivity contribution is 0.267. The van der Waals surface area contributed by atoms with Crippen LogP contribution in [-0.4, -0.2) is 29.0 Å². The Labute approximate surface area is 97.4 Å². The molecule has 0 amide bonds. The highest BCUT2D eigenvalue weighted by Gasteiger charge is 2.02. The second-order valence-electron chi connectivity index (χ2n) is 3.59. The average Bonchev–Trinajstić information content (AvgIpc) is 2.17. The van der Waals surface area contributed by atoms with Crippen molar-refractivity contribution in [1.82, 2.24) is 4.90 Å². The lowest BCUT2D eigenvalue weighted by Crippen LogP contribution is -2.27. The molecule has 0 spiro atoms. The maximum absolute atomic E-state index is 2.63. The Morgan fingerprint density at radius 3 is 1.69 bits per heavy atom. The molecule has 0 aliphatic rings. The van der Waals surface area contributed by atoms with Crippen LogP contribution in [0.15, 0.2) is 0 Å². The molecule has 0 aromatic heterocycles. The van der Waals surface area contributed by atoms with Gasteiger partial charge in [-0.1, -0.05) is 49.3 Å². The van der Waals surface area contributed by atoms with Gasteiger partial charge >= 0.3 is 0 Å². The largest absolute Gasteiger partial charge is 0.303 e. The van der Waals surface area contributed by atoms with Crippen LogP contribution >= 0.6 is 22.6 Å². The summed E-state index contributed by atoms with van der Waals surface area (Å²) in [5.41, 5.74) is 0. The number of nitrogens with zero attached hydrogens (tertiary/aromatic N) is 1. The highest BCUT2D eigenvalue weighted by atomic mass is 127. The Morgan fingerprint density at radius 1 is 0.846 bits per heavy atom. The second kappa shape index (κ2) is 10.8. The summed E-state index contributed by atoms with van der Waals surface area (Å²) in [6, 6.07) is 0. The van der Waals surface area contributed by atoms with E-state index < -0.39 is 0 Å². The van der Waals surface area contributed by atoms with E-state index in [0.717, 1.165) is 0 Å². The topological polar surface area (TPSA) is 3.24 Å². The van der Waals surface area contributed by atoms with Crippen molar-refractivity contribution >= 4 is 22.6 Å². The summed E-state index contributed by atoms with van der Waals surface area (Å²) in [6.45, 7) is 8.48. The normalized spacial score (nSPS) is 11.1. The van der Waals surface area contributed by atoms with Crippen molar-refractivity contribution in [2.45, 2.75) is 46.0 Å². The van der Waals surface area contributed by atoms with E-state index in [9.17, 15) is 0 Å². The number of rotatable bonds is 9. The summed E-state index contributed by atoms with van der Waals surface area (Å²) >= 11 is 2.47. The van der Waals surface area contributed by atoms with E-state index in [1.807, 2.05) is 0 Å². The summed E-state index contributed by atoms with van der Waals surface area (Å²) < 4.78 is 1.30. The predicted molar refractivity (Wildman–Crippen MR) is 69.8 cm³/mol. The molecular formula is C11H24IN. The molecule has 0 atom stereocenters. The Bertz CT molecular complexity index is 77.1. The summed E-state index contributed by atoms with van der Waals surface area (Å²) in [5, 5.41) is 0. The molecule has 13 heavy (non-hydrogen) atoms. The van der Waals surface area contributed by atoms with Gasteiger partial charge in [-0.05, 0) is 38.9 Å². The quantitative estimate of drug-likeness (QED) is 0.463. The van der Waals surface area contributed by atoms with Gasteiger partial charge in [-0.3, -0.25) is 0 Å².